The first kappa shape index (κ1) is 12.8. The molecule has 0 amide bonds. The molecule has 0 saturated heterocycles. The Balaban J connectivity index is 2.01. The van der Waals surface area contributed by atoms with Gasteiger partial charge in [-0.15, -0.1) is 6.42 Å². The van der Waals surface area contributed by atoms with Crippen LogP contribution in [-0.4, -0.2) is 9.55 Å². The first-order valence-electron chi connectivity index (χ1n) is 7.06. The van der Waals surface area contributed by atoms with E-state index in [1.807, 2.05) is 22.8 Å². The largest absolute Gasteiger partial charge is 0.383 e. The van der Waals surface area contributed by atoms with Gasteiger partial charge < -0.3 is 10.3 Å². The molecule has 1 fully saturated rings. The van der Waals surface area contributed by atoms with Gasteiger partial charge in [0.05, 0.1) is 12.2 Å². The molecule has 3 rings (SSSR count). The summed E-state index contributed by atoms with van der Waals surface area (Å²) in [4.78, 5) is 4.81. The summed E-state index contributed by atoms with van der Waals surface area (Å²) in [6.45, 7) is 2.65. The molecule has 1 aliphatic carbocycles. The maximum atomic E-state index is 6.30. The Hall–Kier alpha value is -2.21. The van der Waals surface area contributed by atoms with Gasteiger partial charge in [0, 0.05) is 11.8 Å². The summed E-state index contributed by atoms with van der Waals surface area (Å²) in [7, 11) is 0. The highest BCUT2D eigenvalue weighted by Crippen LogP contribution is 2.42. The molecule has 3 heteroatoms. The molecule has 2 N–H and O–H groups in total. The summed E-state index contributed by atoms with van der Waals surface area (Å²) in [5.74, 6) is 5.21. The minimum absolute atomic E-state index is 0.188. The number of nitrogens with zero attached hydrogens (tertiary/aromatic N) is 2. The van der Waals surface area contributed by atoms with E-state index in [0.29, 0.717) is 12.5 Å². The molecular weight excluding hydrogens is 246 g/mol. The molecule has 1 saturated carbocycles. The van der Waals surface area contributed by atoms with Crippen LogP contribution in [0.25, 0.3) is 0 Å². The van der Waals surface area contributed by atoms with Crippen molar-refractivity contribution in [1.82, 2.24) is 9.55 Å². The average Bonchev–Trinajstić information content (AvgIpc) is 3.27. The number of benzene rings is 1. The zero-order valence-corrected chi connectivity index (χ0v) is 11.7. The summed E-state index contributed by atoms with van der Waals surface area (Å²) < 4.78 is 2.01. The zero-order valence-electron chi connectivity index (χ0n) is 11.7. The highest BCUT2D eigenvalue weighted by molar-refractivity contribution is 5.46. The molecule has 1 aromatic heterocycles. The smallest absolute Gasteiger partial charge is 0.128 e. The van der Waals surface area contributed by atoms with Gasteiger partial charge in [-0.2, -0.15) is 0 Å². The molecular formula is C17H19N3. The normalized spacial score (nSPS) is 15.8. The molecule has 0 bridgehead atoms. The molecule has 0 spiro atoms. The molecule has 0 radical (unpaired) electrons. The second-order valence-electron chi connectivity index (χ2n) is 5.44. The van der Waals surface area contributed by atoms with Crippen LogP contribution in [0.1, 0.15) is 48.7 Å². The first-order valence-corrected chi connectivity index (χ1v) is 7.06. The number of hydrogen-bond acceptors (Lipinski definition) is 2. The van der Waals surface area contributed by atoms with Crippen molar-refractivity contribution in [2.75, 3.05) is 5.73 Å². The predicted octanol–water partition coefficient (Wildman–Crippen LogP) is 3.13. The van der Waals surface area contributed by atoms with Crippen LogP contribution in [-0.2, 0) is 6.54 Å². The second kappa shape index (κ2) is 5.05. The Kier molecular flexibility index (Phi) is 3.23. The molecule has 1 aromatic carbocycles. The molecule has 0 aliphatic heterocycles. The highest BCUT2D eigenvalue weighted by Gasteiger charge is 2.31. The molecule has 1 heterocycles. The average molecular weight is 265 g/mol. The number of hydrogen-bond donors (Lipinski definition) is 1. The van der Waals surface area contributed by atoms with Gasteiger partial charge in [0.25, 0.3) is 0 Å². The molecule has 2 aromatic rings. The van der Waals surface area contributed by atoms with Crippen LogP contribution >= 0.6 is 0 Å². The lowest BCUT2D eigenvalue weighted by Gasteiger charge is -2.10. The lowest BCUT2D eigenvalue weighted by atomic mass is 9.98. The quantitative estimate of drug-likeness (QED) is 0.863. The maximum Gasteiger partial charge on any atom is 0.128 e. The van der Waals surface area contributed by atoms with E-state index in [1.54, 1.807) is 0 Å². The number of rotatable bonds is 4. The summed E-state index contributed by atoms with van der Waals surface area (Å²) in [6, 6.07) is 10.3. The van der Waals surface area contributed by atoms with Crippen molar-refractivity contribution in [3.8, 4) is 12.3 Å². The third-order valence-corrected chi connectivity index (χ3v) is 3.97. The summed E-state index contributed by atoms with van der Waals surface area (Å²) in [5.41, 5.74) is 8.48. The van der Waals surface area contributed by atoms with Gasteiger partial charge in [-0.1, -0.05) is 43.2 Å². The number of terminal acetylenes is 1. The number of anilines is 1. The van der Waals surface area contributed by atoms with Gasteiger partial charge in [0.1, 0.15) is 11.6 Å². The topological polar surface area (TPSA) is 43.8 Å². The van der Waals surface area contributed by atoms with Gasteiger partial charge in [-0.3, -0.25) is 0 Å². The Morgan fingerprint density at radius 1 is 1.40 bits per heavy atom. The first-order chi connectivity index (χ1) is 9.72. The van der Waals surface area contributed by atoms with Crippen molar-refractivity contribution < 1.29 is 0 Å². The van der Waals surface area contributed by atoms with E-state index in [2.05, 4.69) is 25.0 Å². The predicted molar refractivity (Wildman–Crippen MR) is 81.4 cm³/mol. The monoisotopic (exact) mass is 265 g/mol. The maximum absolute atomic E-state index is 6.30. The van der Waals surface area contributed by atoms with Crippen LogP contribution in [0.2, 0.25) is 0 Å². The molecule has 3 nitrogen and oxygen atoms in total. The van der Waals surface area contributed by atoms with Crippen LogP contribution in [0.5, 0.6) is 0 Å². The Bertz CT molecular complexity index is 645. The van der Waals surface area contributed by atoms with Crippen LogP contribution < -0.4 is 5.73 Å². The number of imidazole rings is 1. The molecule has 1 aliphatic rings. The summed E-state index contributed by atoms with van der Waals surface area (Å²) in [5, 5.41) is 0. The Morgan fingerprint density at radius 3 is 2.70 bits per heavy atom. The van der Waals surface area contributed by atoms with E-state index in [4.69, 9.17) is 17.1 Å². The molecule has 102 valence electrons. The van der Waals surface area contributed by atoms with E-state index in [9.17, 15) is 0 Å². The minimum Gasteiger partial charge on any atom is -0.383 e. The third kappa shape index (κ3) is 2.18. The van der Waals surface area contributed by atoms with Crippen LogP contribution in [0.15, 0.2) is 30.3 Å². The molecule has 1 atom stereocenters. The number of aromatic nitrogens is 2. The lowest BCUT2D eigenvalue weighted by molar-refractivity contribution is 0.762. The fourth-order valence-corrected chi connectivity index (χ4v) is 2.63. The van der Waals surface area contributed by atoms with E-state index >= 15 is 0 Å². The van der Waals surface area contributed by atoms with Gasteiger partial charge in [-0.05, 0) is 18.4 Å². The van der Waals surface area contributed by atoms with Crippen molar-refractivity contribution in [3.05, 3.63) is 47.4 Å². The SMILES string of the molecule is C#CCn1c(C2CC2)nc(C(C)c2ccccc2)c1N. The lowest BCUT2D eigenvalue weighted by Crippen LogP contribution is -2.07. The third-order valence-electron chi connectivity index (χ3n) is 3.97. The van der Waals surface area contributed by atoms with E-state index in [1.165, 1.54) is 18.4 Å². The van der Waals surface area contributed by atoms with Gasteiger partial charge >= 0.3 is 0 Å². The fourth-order valence-electron chi connectivity index (χ4n) is 2.63. The van der Waals surface area contributed by atoms with E-state index < -0.39 is 0 Å². The Labute approximate surface area is 119 Å². The Morgan fingerprint density at radius 2 is 2.10 bits per heavy atom. The van der Waals surface area contributed by atoms with Gasteiger partial charge in [0.2, 0.25) is 0 Å². The molecule has 20 heavy (non-hydrogen) atoms. The van der Waals surface area contributed by atoms with Gasteiger partial charge in [0.15, 0.2) is 0 Å². The van der Waals surface area contributed by atoms with E-state index in [-0.39, 0.29) is 5.92 Å². The fraction of sp³-hybridized carbons (Fsp3) is 0.353. The molecule has 1 unspecified atom stereocenters. The summed E-state index contributed by atoms with van der Waals surface area (Å²) in [6.07, 6.45) is 7.85. The number of nitrogen functional groups attached to an aromatic ring is 1. The standard InChI is InChI=1S/C17H19N3/c1-3-11-20-16(18)15(19-17(20)14-9-10-14)12(2)13-7-5-4-6-8-13/h1,4-8,12,14H,9-11,18H2,2H3. The van der Waals surface area contributed by atoms with Crippen LogP contribution in [0, 0.1) is 12.3 Å². The van der Waals surface area contributed by atoms with Crippen molar-refractivity contribution in [2.24, 2.45) is 0 Å². The number of nitrogens with two attached hydrogens (primary N) is 1. The van der Waals surface area contributed by atoms with Crippen LogP contribution in [0.4, 0.5) is 5.82 Å². The van der Waals surface area contributed by atoms with Crippen molar-refractivity contribution >= 4 is 5.82 Å². The summed E-state index contributed by atoms with van der Waals surface area (Å²) >= 11 is 0. The highest BCUT2D eigenvalue weighted by atomic mass is 15.1. The minimum atomic E-state index is 0.188. The van der Waals surface area contributed by atoms with Crippen LogP contribution in [0.3, 0.4) is 0 Å². The van der Waals surface area contributed by atoms with Crippen molar-refractivity contribution in [2.45, 2.75) is 38.1 Å². The zero-order chi connectivity index (χ0) is 14.1. The van der Waals surface area contributed by atoms with Crippen molar-refractivity contribution in [3.63, 3.8) is 0 Å². The second-order valence-corrected chi connectivity index (χ2v) is 5.44. The van der Waals surface area contributed by atoms with Gasteiger partial charge in [-0.25, -0.2) is 4.98 Å². The van der Waals surface area contributed by atoms with E-state index in [0.717, 1.165) is 17.3 Å². The van der Waals surface area contributed by atoms with Crippen molar-refractivity contribution in [1.29, 1.82) is 0 Å².